The number of hydrogen-bond donors (Lipinski definition) is 1. The Bertz CT molecular complexity index is 292. The van der Waals surface area contributed by atoms with E-state index < -0.39 is 18.2 Å². The maximum Gasteiger partial charge on any atom is 0.407 e. The van der Waals surface area contributed by atoms with E-state index in [9.17, 15) is 9.59 Å². The van der Waals surface area contributed by atoms with E-state index in [2.05, 4.69) is 18.8 Å². The highest BCUT2D eigenvalue weighted by Gasteiger charge is 2.13. The topological polar surface area (TPSA) is 64.6 Å². The molecular weight excluding hydrogens is 258 g/mol. The van der Waals surface area contributed by atoms with Crippen molar-refractivity contribution < 1.29 is 19.1 Å². The van der Waals surface area contributed by atoms with Gasteiger partial charge in [-0.05, 0) is 12.8 Å². The highest BCUT2D eigenvalue weighted by atomic mass is 16.6. The van der Waals surface area contributed by atoms with Crippen molar-refractivity contribution in [3.63, 3.8) is 0 Å². The summed E-state index contributed by atoms with van der Waals surface area (Å²) in [6.45, 7) is 8.01. The quantitative estimate of drug-likeness (QED) is 0.360. The van der Waals surface area contributed by atoms with Gasteiger partial charge in [-0.25, -0.2) is 9.59 Å². The molecule has 0 saturated heterocycles. The lowest BCUT2D eigenvalue weighted by molar-refractivity contribution is -0.140. The van der Waals surface area contributed by atoms with E-state index in [-0.39, 0.29) is 6.61 Å². The number of carbonyl (C=O) groups excluding carboxylic acids is 2. The van der Waals surface area contributed by atoms with Gasteiger partial charge in [0.05, 0.1) is 0 Å². The van der Waals surface area contributed by atoms with Gasteiger partial charge in [0.2, 0.25) is 0 Å². The number of esters is 1. The van der Waals surface area contributed by atoms with Crippen molar-refractivity contribution >= 4 is 12.1 Å². The minimum Gasteiger partial charge on any atom is -0.459 e. The van der Waals surface area contributed by atoms with Crippen molar-refractivity contribution in [1.29, 1.82) is 0 Å². The number of nitrogens with one attached hydrogen (secondary N) is 1. The Morgan fingerprint density at radius 1 is 1.20 bits per heavy atom. The summed E-state index contributed by atoms with van der Waals surface area (Å²) in [6, 6.07) is 0. The highest BCUT2D eigenvalue weighted by molar-refractivity contribution is 5.81. The first-order valence-electron chi connectivity index (χ1n) is 7.37. The second-order valence-corrected chi connectivity index (χ2v) is 4.61. The number of rotatable bonds is 11. The summed E-state index contributed by atoms with van der Waals surface area (Å²) in [6.07, 6.45) is 6.51. The zero-order valence-electron chi connectivity index (χ0n) is 12.7. The first-order valence-corrected chi connectivity index (χ1v) is 7.37. The lowest BCUT2D eigenvalue weighted by Crippen LogP contribution is -2.32. The normalized spacial score (nSPS) is 11.5. The molecule has 0 spiro atoms. The fraction of sp³-hybridized carbons (Fsp3) is 0.733. The van der Waals surface area contributed by atoms with Crippen LogP contribution in [0.15, 0.2) is 12.7 Å². The van der Waals surface area contributed by atoms with E-state index in [0.717, 1.165) is 18.9 Å². The lowest BCUT2D eigenvalue weighted by Gasteiger charge is -2.16. The minimum absolute atomic E-state index is 0.0608. The average Bonchev–Trinajstić information content (AvgIpc) is 2.46. The second kappa shape index (κ2) is 12.5. The van der Waals surface area contributed by atoms with Gasteiger partial charge in [0.25, 0.3) is 0 Å². The zero-order valence-corrected chi connectivity index (χ0v) is 12.7. The van der Waals surface area contributed by atoms with E-state index in [4.69, 9.17) is 9.47 Å². The van der Waals surface area contributed by atoms with Crippen LogP contribution in [0.25, 0.3) is 0 Å². The molecule has 1 unspecified atom stereocenters. The maximum absolute atomic E-state index is 11.5. The summed E-state index contributed by atoms with van der Waals surface area (Å²) in [5.74, 6) is -0.511. The molecule has 0 rings (SSSR count). The summed E-state index contributed by atoms with van der Waals surface area (Å²) >= 11 is 0. The number of unbranched alkanes of at least 4 members (excludes halogenated alkanes) is 4. The summed E-state index contributed by atoms with van der Waals surface area (Å²) < 4.78 is 10.0. The standard InChI is InChI=1S/C15H27NO4/c1-4-7-8-9-10-11-16-15(18)20-13(5-2)12-19-14(17)6-3/h6,13H,3-5,7-12H2,1-2H3,(H,16,18). The van der Waals surface area contributed by atoms with Crippen LogP contribution in [0.4, 0.5) is 4.79 Å². The van der Waals surface area contributed by atoms with E-state index in [1.807, 2.05) is 6.92 Å². The third-order valence-corrected chi connectivity index (χ3v) is 2.86. The summed E-state index contributed by atoms with van der Waals surface area (Å²) in [7, 11) is 0. The van der Waals surface area contributed by atoms with Crippen LogP contribution in [0.2, 0.25) is 0 Å². The monoisotopic (exact) mass is 285 g/mol. The molecule has 1 amide bonds. The average molecular weight is 285 g/mol. The van der Waals surface area contributed by atoms with Crippen LogP contribution in [-0.4, -0.2) is 31.3 Å². The SMILES string of the molecule is C=CC(=O)OCC(CC)OC(=O)NCCCCCCC. The molecule has 0 bridgehead atoms. The Morgan fingerprint density at radius 2 is 1.90 bits per heavy atom. The minimum atomic E-state index is -0.511. The van der Waals surface area contributed by atoms with Crippen LogP contribution in [0.5, 0.6) is 0 Å². The van der Waals surface area contributed by atoms with E-state index in [1.54, 1.807) is 0 Å². The molecule has 0 aromatic heterocycles. The summed E-state index contributed by atoms with van der Waals surface area (Å²) in [5.41, 5.74) is 0. The number of alkyl carbamates (subject to hydrolysis) is 1. The molecule has 5 heteroatoms. The molecule has 0 aliphatic carbocycles. The molecule has 0 radical (unpaired) electrons. The maximum atomic E-state index is 11.5. The van der Waals surface area contributed by atoms with E-state index >= 15 is 0 Å². The van der Waals surface area contributed by atoms with Crippen molar-refractivity contribution in [1.82, 2.24) is 5.32 Å². The Labute approximate surface area is 121 Å². The molecule has 0 fully saturated rings. The molecule has 1 atom stereocenters. The Kier molecular flexibility index (Phi) is 11.6. The first kappa shape index (κ1) is 18.5. The molecular formula is C15H27NO4. The van der Waals surface area contributed by atoms with Crippen molar-refractivity contribution in [3.8, 4) is 0 Å². The van der Waals surface area contributed by atoms with Gasteiger partial charge in [-0.2, -0.15) is 0 Å². The van der Waals surface area contributed by atoms with E-state index in [1.165, 1.54) is 19.3 Å². The zero-order chi connectivity index (χ0) is 15.2. The van der Waals surface area contributed by atoms with Gasteiger partial charge in [-0.15, -0.1) is 0 Å². The second-order valence-electron chi connectivity index (χ2n) is 4.61. The van der Waals surface area contributed by atoms with Gasteiger partial charge in [-0.3, -0.25) is 0 Å². The Hall–Kier alpha value is -1.52. The fourth-order valence-corrected chi connectivity index (χ4v) is 1.58. The third-order valence-electron chi connectivity index (χ3n) is 2.86. The molecule has 0 aromatic rings. The van der Waals surface area contributed by atoms with Gasteiger partial charge in [-0.1, -0.05) is 46.1 Å². The predicted octanol–water partition coefficient (Wildman–Crippen LogP) is 3.19. The molecule has 0 aromatic carbocycles. The summed E-state index contributed by atoms with van der Waals surface area (Å²) in [5, 5.41) is 2.70. The van der Waals surface area contributed by atoms with Gasteiger partial charge in [0, 0.05) is 12.6 Å². The van der Waals surface area contributed by atoms with Crippen LogP contribution in [0.1, 0.15) is 52.4 Å². The fourth-order valence-electron chi connectivity index (χ4n) is 1.58. The first-order chi connectivity index (χ1) is 9.63. The van der Waals surface area contributed by atoms with Gasteiger partial charge in [0.1, 0.15) is 12.7 Å². The van der Waals surface area contributed by atoms with Crippen LogP contribution in [-0.2, 0) is 14.3 Å². The molecule has 0 saturated carbocycles. The number of hydrogen-bond acceptors (Lipinski definition) is 4. The van der Waals surface area contributed by atoms with E-state index in [0.29, 0.717) is 13.0 Å². The molecule has 0 aliphatic heterocycles. The Morgan fingerprint density at radius 3 is 2.50 bits per heavy atom. The largest absolute Gasteiger partial charge is 0.459 e. The smallest absolute Gasteiger partial charge is 0.407 e. The molecule has 5 nitrogen and oxygen atoms in total. The molecule has 1 N–H and O–H groups in total. The van der Waals surface area contributed by atoms with Gasteiger partial charge >= 0.3 is 12.1 Å². The van der Waals surface area contributed by atoms with Crippen LogP contribution >= 0.6 is 0 Å². The number of amides is 1. The highest BCUT2D eigenvalue weighted by Crippen LogP contribution is 2.02. The summed E-state index contributed by atoms with van der Waals surface area (Å²) in [4.78, 5) is 22.4. The molecule has 0 heterocycles. The molecule has 116 valence electrons. The van der Waals surface area contributed by atoms with Crippen LogP contribution in [0.3, 0.4) is 0 Å². The van der Waals surface area contributed by atoms with Crippen molar-refractivity contribution in [3.05, 3.63) is 12.7 Å². The van der Waals surface area contributed by atoms with Crippen molar-refractivity contribution in [2.75, 3.05) is 13.2 Å². The molecule has 0 aliphatic rings. The van der Waals surface area contributed by atoms with Crippen molar-refractivity contribution in [2.45, 2.75) is 58.5 Å². The lowest BCUT2D eigenvalue weighted by atomic mass is 10.1. The van der Waals surface area contributed by atoms with Crippen LogP contribution in [0, 0.1) is 0 Å². The van der Waals surface area contributed by atoms with Gasteiger partial charge in [0.15, 0.2) is 0 Å². The van der Waals surface area contributed by atoms with Crippen molar-refractivity contribution in [2.24, 2.45) is 0 Å². The number of ether oxygens (including phenoxy) is 2. The third kappa shape index (κ3) is 10.4. The predicted molar refractivity (Wildman–Crippen MR) is 78.5 cm³/mol. The Balaban J connectivity index is 3.69. The molecule has 20 heavy (non-hydrogen) atoms. The van der Waals surface area contributed by atoms with Gasteiger partial charge < -0.3 is 14.8 Å². The van der Waals surface area contributed by atoms with Crippen LogP contribution < -0.4 is 5.32 Å². The number of carbonyl (C=O) groups is 2.